The van der Waals surface area contributed by atoms with Gasteiger partial charge in [-0.25, -0.2) is 0 Å². The Morgan fingerprint density at radius 2 is 1.44 bits per heavy atom. The Bertz CT molecular complexity index is 288. The molecule has 0 aromatic rings. The van der Waals surface area contributed by atoms with Crippen LogP contribution in [-0.2, 0) is 0 Å². The fraction of sp³-hybridized carbons (Fsp3) is 0.455. The van der Waals surface area contributed by atoms with E-state index in [1.807, 2.05) is 12.5 Å². The first-order chi connectivity index (χ1) is 8.60. The van der Waals surface area contributed by atoms with E-state index in [4.69, 9.17) is 24.4 Å². The molecule has 0 aliphatic rings. The minimum absolute atomic E-state index is 0.468. The van der Waals surface area contributed by atoms with Crippen LogP contribution in [0.2, 0.25) is 0 Å². The molecule has 0 atom stereocenters. The molecule has 102 valence electrons. The van der Waals surface area contributed by atoms with Gasteiger partial charge in [0.2, 0.25) is 0 Å². The van der Waals surface area contributed by atoms with Crippen LogP contribution in [0.3, 0.4) is 0 Å². The standard InChI is InChI=1S/C11H18N2OS4/c1-17-10(15)3-5-12-7-9(14)8-13-6-4-11(16)18-2/h3-6,9,12-14H,7-8H2,1-2H3/b5-3-,6-4-. The van der Waals surface area contributed by atoms with Gasteiger partial charge in [-0.2, -0.15) is 0 Å². The SMILES string of the molecule is CSC(=S)/C=C\NCC(O)CN/C=C\C(=S)SC. The second-order valence-electron chi connectivity index (χ2n) is 3.18. The molecule has 0 rings (SSSR count). The van der Waals surface area contributed by atoms with Crippen molar-refractivity contribution in [1.29, 1.82) is 0 Å². The highest BCUT2D eigenvalue weighted by molar-refractivity contribution is 8.23. The normalized spacial score (nSPS) is 11.3. The van der Waals surface area contributed by atoms with Gasteiger partial charge in [0.1, 0.15) is 0 Å². The highest BCUT2D eigenvalue weighted by Gasteiger charge is 1.99. The lowest BCUT2D eigenvalue weighted by Crippen LogP contribution is -2.31. The van der Waals surface area contributed by atoms with E-state index >= 15 is 0 Å². The molecule has 0 fully saturated rings. The summed E-state index contributed by atoms with van der Waals surface area (Å²) in [6.07, 6.45) is 10.5. The summed E-state index contributed by atoms with van der Waals surface area (Å²) in [4.78, 5) is 0. The molecule has 3 N–H and O–H groups in total. The fourth-order valence-corrected chi connectivity index (χ4v) is 1.41. The maximum absolute atomic E-state index is 9.63. The molecule has 0 radical (unpaired) electrons. The Balaban J connectivity index is 3.63. The Hall–Kier alpha value is -0.0800. The van der Waals surface area contributed by atoms with Gasteiger partial charge in [-0.3, -0.25) is 0 Å². The Morgan fingerprint density at radius 1 is 1.06 bits per heavy atom. The lowest BCUT2D eigenvalue weighted by Gasteiger charge is -2.10. The third-order valence-electron chi connectivity index (χ3n) is 1.78. The molecule has 0 heterocycles. The van der Waals surface area contributed by atoms with E-state index < -0.39 is 6.10 Å². The quantitative estimate of drug-likeness (QED) is 0.466. The van der Waals surface area contributed by atoms with Crippen LogP contribution < -0.4 is 10.6 Å². The smallest absolute Gasteiger partial charge is 0.0884 e. The van der Waals surface area contributed by atoms with Crippen LogP contribution in [0, 0.1) is 0 Å². The first kappa shape index (κ1) is 17.9. The second kappa shape index (κ2) is 12.0. The topological polar surface area (TPSA) is 44.3 Å². The number of thiocarbonyl (C=S) groups is 2. The molecule has 18 heavy (non-hydrogen) atoms. The van der Waals surface area contributed by atoms with Gasteiger partial charge < -0.3 is 15.7 Å². The highest BCUT2D eigenvalue weighted by atomic mass is 32.2. The van der Waals surface area contributed by atoms with E-state index in [1.54, 1.807) is 24.6 Å². The zero-order valence-electron chi connectivity index (χ0n) is 10.4. The van der Waals surface area contributed by atoms with Crippen LogP contribution in [0.25, 0.3) is 0 Å². The summed E-state index contributed by atoms with van der Waals surface area (Å²) in [5.74, 6) is 0. The lowest BCUT2D eigenvalue weighted by molar-refractivity contribution is 0.177. The van der Waals surface area contributed by atoms with Crippen LogP contribution in [0.5, 0.6) is 0 Å². The van der Waals surface area contributed by atoms with Crippen LogP contribution in [0.1, 0.15) is 0 Å². The number of thioether (sulfide) groups is 2. The van der Waals surface area contributed by atoms with E-state index in [2.05, 4.69) is 10.6 Å². The van der Waals surface area contributed by atoms with Crippen molar-refractivity contribution in [2.24, 2.45) is 0 Å². The number of hydrogen-bond acceptors (Lipinski definition) is 7. The van der Waals surface area contributed by atoms with Gasteiger partial charge in [0.25, 0.3) is 0 Å². The number of hydrogen-bond donors (Lipinski definition) is 3. The highest BCUT2D eigenvalue weighted by Crippen LogP contribution is 1.98. The molecule has 0 saturated carbocycles. The fourth-order valence-electron chi connectivity index (χ4n) is 0.870. The largest absolute Gasteiger partial charge is 0.389 e. The van der Waals surface area contributed by atoms with Crippen molar-refractivity contribution in [2.75, 3.05) is 25.6 Å². The molecule has 0 aromatic heterocycles. The first-order valence-electron chi connectivity index (χ1n) is 5.24. The Morgan fingerprint density at radius 3 is 1.78 bits per heavy atom. The van der Waals surface area contributed by atoms with E-state index in [9.17, 15) is 5.11 Å². The molecular weight excluding hydrogens is 304 g/mol. The third-order valence-corrected chi connectivity index (χ3v) is 4.13. The first-order valence-corrected chi connectivity index (χ1v) is 8.50. The summed E-state index contributed by atoms with van der Waals surface area (Å²) in [6.45, 7) is 0.947. The van der Waals surface area contributed by atoms with Crippen LogP contribution in [-0.4, -0.2) is 45.2 Å². The second-order valence-corrected chi connectivity index (χ2v) is 6.28. The van der Waals surface area contributed by atoms with Gasteiger partial charge in [0, 0.05) is 13.1 Å². The molecule has 0 aliphatic heterocycles. The molecule has 0 spiro atoms. The third kappa shape index (κ3) is 11.0. The average Bonchev–Trinajstić information content (AvgIpc) is 2.38. The summed E-state index contributed by atoms with van der Waals surface area (Å²) in [6, 6.07) is 0. The molecule has 0 saturated heterocycles. The maximum Gasteiger partial charge on any atom is 0.0884 e. The lowest BCUT2D eigenvalue weighted by atomic mass is 10.3. The zero-order valence-corrected chi connectivity index (χ0v) is 13.6. The molecule has 0 aliphatic carbocycles. The molecule has 7 heteroatoms. The van der Waals surface area contributed by atoms with Gasteiger partial charge in [-0.05, 0) is 37.1 Å². The number of nitrogens with one attached hydrogen (secondary N) is 2. The summed E-state index contributed by atoms with van der Waals surface area (Å²) in [7, 11) is 0. The van der Waals surface area contributed by atoms with E-state index in [0.717, 1.165) is 8.39 Å². The van der Waals surface area contributed by atoms with Crippen molar-refractivity contribution in [3.8, 4) is 0 Å². The van der Waals surface area contributed by atoms with Crippen molar-refractivity contribution in [2.45, 2.75) is 6.10 Å². The van der Waals surface area contributed by atoms with Crippen molar-refractivity contribution in [3.63, 3.8) is 0 Å². The van der Waals surface area contributed by atoms with Gasteiger partial charge >= 0.3 is 0 Å². The van der Waals surface area contributed by atoms with Crippen LogP contribution in [0.4, 0.5) is 0 Å². The molecule has 0 bridgehead atoms. The minimum atomic E-state index is -0.468. The summed E-state index contributed by atoms with van der Waals surface area (Å²) < 4.78 is 1.62. The Labute approximate surface area is 128 Å². The summed E-state index contributed by atoms with van der Waals surface area (Å²) in [5, 5.41) is 15.6. The maximum atomic E-state index is 9.63. The van der Waals surface area contributed by atoms with E-state index in [0.29, 0.717) is 13.1 Å². The average molecular weight is 323 g/mol. The zero-order chi connectivity index (χ0) is 13.8. The van der Waals surface area contributed by atoms with E-state index in [-0.39, 0.29) is 0 Å². The summed E-state index contributed by atoms with van der Waals surface area (Å²) in [5.41, 5.74) is 0. The number of rotatable bonds is 8. The number of aliphatic hydroxyl groups is 1. The van der Waals surface area contributed by atoms with Crippen molar-refractivity contribution >= 4 is 56.4 Å². The molecule has 0 aromatic carbocycles. The molecule has 0 amide bonds. The van der Waals surface area contributed by atoms with Crippen LogP contribution in [0.15, 0.2) is 24.6 Å². The molecule has 3 nitrogen and oxygen atoms in total. The van der Waals surface area contributed by atoms with Gasteiger partial charge in [-0.1, -0.05) is 24.4 Å². The molecular formula is C11H18N2OS4. The van der Waals surface area contributed by atoms with Crippen LogP contribution >= 0.6 is 48.0 Å². The van der Waals surface area contributed by atoms with Crippen molar-refractivity contribution in [1.82, 2.24) is 10.6 Å². The minimum Gasteiger partial charge on any atom is -0.389 e. The Kier molecular flexibility index (Phi) is 11.9. The van der Waals surface area contributed by atoms with Crippen molar-refractivity contribution in [3.05, 3.63) is 24.6 Å². The predicted molar refractivity (Wildman–Crippen MR) is 92.5 cm³/mol. The van der Waals surface area contributed by atoms with Gasteiger partial charge in [0.05, 0.1) is 14.5 Å². The van der Waals surface area contributed by atoms with Gasteiger partial charge in [0.15, 0.2) is 0 Å². The monoisotopic (exact) mass is 322 g/mol. The van der Waals surface area contributed by atoms with Crippen molar-refractivity contribution < 1.29 is 5.11 Å². The number of aliphatic hydroxyl groups excluding tert-OH is 1. The predicted octanol–water partition coefficient (Wildman–Crippen LogP) is 1.93. The van der Waals surface area contributed by atoms with Gasteiger partial charge in [-0.15, -0.1) is 23.5 Å². The van der Waals surface area contributed by atoms with E-state index in [1.165, 1.54) is 23.5 Å². The summed E-state index contributed by atoms with van der Waals surface area (Å²) >= 11 is 13.0. The molecule has 0 unspecified atom stereocenters.